The van der Waals surface area contributed by atoms with E-state index in [2.05, 4.69) is 0 Å². The second-order valence-electron chi connectivity index (χ2n) is 5.63. The maximum Gasteiger partial charge on any atom is 0.339 e. The zero-order valence-electron chi connectivity index (χ0n) is 14.2. The first-order valence-corrected chi connectivity index (χ1v) is 10.3. The highest BCUT2D eigenvalue weighted by Gasteiger charge is 2.19. The topological polar surface area (TPSA) is 43.4 Å². The van der Waals surface area contributed by atoms with Crippen molar-refractivity contribution in [2.45, 2.75) is 16.7 Å². The summed E-state index contributed by atoms with van der Waals surface area (Å²) in [4.78, 5) is 1.13. The molecule has 26 heavy (non-hydrogen) atoms. The Morgan fingerprint density at radius 2 is 1.42 bits per heavy atom. The van der Waals surface area contributed by atoms with Crippen molar-refractivity contribution in [3.05, 3.63) is 101 Å². The Bertz CT molecular complexity index is 978. The van der Waals surface area contributed by atoms with Crippen LogP contribution in [-0.4, -0.2) is 8.42 Å². The minimum atomic E-state index is -3.91. The van der Waals surface area contributed by atoms with Gasteiger partial charge >= 0.3 is 10.1 Å². The highest BCUT2D eigenvalue weighted by molar-refractivity contribution is 8.02. The van der Waals surface area contributed by atoms with Crippen LogP contribution < -0.4 is 0 Å². The lowest BCUT2D eigenvalue weighted by Gasteiger charge is -2.11. The second kappa shape index (κ2) is 8.25. The smallest absolute Gasteiger partial charge is 0.339 e. The van der Waals surface area contributed by atoms with E-state index in [-0.39, 0.29) is 4.90 Å². The van der Waals surface area contributed by atoms with Crippen LogP contribution in [0.2, 0.25) is 0 Å². The number of rotatable bonds is 6. The van der Waals surface area contributed by atoms with Gasteiger partial charge in [0, 0.05) is 15.9 Å². The third-order valence-corrected chi connectivity index (χ3v) is 5.74. The van der Waals surface area contributed by atoms with Crippen molar-refractivity contribution in [1.82, 2.24) is 0 Å². The van der Waals surface area contributed by atoms with Crippen molar-refractivity contribution in [1.29, 1.82) is 0 Å². The Hall–Kier alpha value is -2.50. The molecule has 0 aliphatic heterocycles. The molecule has 0 saturated heterocycles. The second-order valence-corrected chi connectivity index (χ2v) is 8.12. The maximum atomic E-state index is 12.7. The average molecular weight is 383 g/mol. The standard InChI is InChI=1S/C21H18O3S2/c1-17-12-14-20(15-13-17)26(22,23)24-21(18-8-4-2-5-9-18)16-25-19-10-6-3-7-11-19/h2-16H,1H3/b21-16-. The molecule has 0 spiro atoms. The van der Waals surface area contributed by atoms with E-state index in [1.165, 1.54) is 11.8 Å². The molecule has 5 heteroatoms. The molecule has 3 nitrogen and oxygen atoms in total. The monoisotopic (exact) mass is 382 g/mol. The van der Waals surface area contributed by atoms with Crippen LogP contribution in [0.5, 0.6) is 0 Å². The lowest BCUT2D eigenvalue weighted by Crippen LogP contribution is -2.06. The molecule has 0 aromatic heterocycles. The summed E-state index contributed by atoms with van der Waals surface area (Å²) in [7, 11) is -3.91. The average Bonchev–Trinajstić information content (AvgIpc) is 2.67. The summed E-state index contributed by atoms with van der Waals surface area (Å²) in [6.07, 6.45) is 0. The summed E-state index contributed by atoms with van der Waals surface area (Å²) < 4.78 is 30.8. The predicted molar refractivity (Wildman–Crippen MR) is 106 cm³/mol. The molecule has 3 aromatic rings. The quantitative estimate of drug-likeness (QED) is 0.321. The molecule has 3 aromatic carbocycles. The van der Waals surface area contributed by atoms with E-state index in [0.29, 0.717) is 11.3 Å². The summed E-state index contributed by atoms with van der Waals surface area (Å²) in [5.74, 6) is 0.292. The molecule has 0 fully saturated rings. The van der Waals surface area contributed by atoms with Gasteiger partial charge in [-0.15, -0.1) is 0 Å². The molecule has 0 saturated carbocycles. The molecule has 0 atom stereocenters. The highest BCUT2D eigenvalue weighted by atomic mass is 32.2. The summed E-state index contributed by atoms with van der Waals surface area (Å²) in [5.41, 5.74) is 1.69. The highest BCUT2D eigenvalue weighted by Crippen LogP contribution is 2.28. The minimum Gasteiger partial charge on any atom is -0.378 e. The third-order valence-electron chi connectivity index (χ3n) is 3.61. The maximum absolute atomic E-state index is 12.7. The van der Waals surface area contributed by atoms with Crippen LogP contribution in [0.3, 0.4) is 0 Å². The Kier molecular flexibility index (Phi) is 5.81. The SMILES string of the molecule is Cc1ccc(S(=O)(=O)O/C(=C\Sc2ccccc2)c2ccccc2)cc1. The molecular weight excluding hydrogens is 364 g/mol. The van der Waals surface area contributed by atoms with Crippen molar-refractivity contribution < 1.29 is 12.6 Å². The third kappa shape index (κ3) is 4.77. The van der Waals surface area contributed by atoms with E-state index >= 15 is 0 Å². The van der Waals surface area contributed by atoms with Gasteiger partial charge in [0.1, 0.15) is 4.90 Å². The largest absolute Gasteiger partial charge is 0.378 e. The normalized spacial score (nSPS) is 12.0. The van der Waals surface area contributed by atoms with Gasteiger partial charge < -0.3 is 4.18 Å². The van der Waals surface area contributed by atoms with Crippen LogP contribution in [0.15, 0.2) is 100 Å². The van der Waals surface area contributed by atoms with E-state index in [9.17, 15) is 8.42 Å². The number of hydrogen-bond donors (Lipinski definition) is 0. The summed E-state index contributed by atoms with van der Waals surface area (Å²) in [6, 6.07) is 25.5. The number of thioether (sulfide) groups is 1. The first-order valence-electron chi connectivity index (χ1n) is 8.03. The van der Waals surface area contributed by atoms with Gasteiger partial charge in [-0.1, -0.05) is 78.0 Å². The number of benzene rings is 3. The van der Waals surface area contributed by atoms with E-state index < -0.39 is 10.1 Å². The number of aryl methyl sites for hydroxylation is 1. The summed E-state index contributed by atoms with van der Waals surface area (Å²) >= 11 is 1.41. The van der Waals surface area contributed by atoms with E-state index in [4.69, 9.17) is 4.18 Å². The van der Waals surface area contributed by atoms with Crippen LogP contribution in [-0.2, 0) is 14.3 Å². The van der Waals surface area contributed by atoms with Crippen molar-refractivity contribution >= 4 is 27.6 Å². The van der Waals surface area contributed by atoms with Crippen LogP contribution >= 0.6 is 11.8 Å². The molecule has 0 aliphatic rings. The van der Waals surface area contributed by atoms with Crippen molar-refractivity contribution in [3.63, 3.8) is 0 Å². The molecule has 0 bridgehead atoms. The fraction of sp³-hybridized carbons (Fsp3) is 0.0476. The molecule has 0 unspecified atom stereocenters. The molecule has 0 N–H and O–H groups in total. The van der Waals surface area contributed by atoms with Gasteiger partial charge in [0.15, 0.2) is 5.76 Å². The minimum absolute atomic E-state index is 0.134. The molecule has 0 amide bonds. The molecule has 0 aliphatic carbocycles. The first kappa shape index (κ1) is 18.3. The van der Waals surface area contributed by atoms with E-state index in [1.807, 2.05) is 67.6 Å². The predicted octanol–water partition coefficient (Wildman–Crippen LogP) is 5.49. The fourth-order valence-electron chi connectivity index (χ4n) is 2.23. The summed E-state index contributed by atoms with van der Waals surface area (Å²) in [5, 5.41) is 1.72. The van der Waals surface area contributed by atoms with Gasteiger partial charge in [-0.05, 0) is 31.2 Å². The van der Waals surface area contributed by atoms with Gasteiger partial charge in [0.2, 0.25) is 0 Å². The zero-order chi connectivity index (χ0) is 18.4. The molecule has 132 valence electrons. The van der Waals surface area contributed by atoms with Gasteiger partial charge in [0.25, 0.3) is 0 Å². The van der Waals surface area contributed by atoms with Crippen molar-refractivity contribution in [2.24, 2.45) is 0 Å². The lowest BCUT2D eigenvalue weighted by molar-refractivity contribution is 0.464. The van der Waals surface area contributed by atoms with Gasteiger partial charge in [-0.25, -0.2) is 0 Å². The Morgan fingerprint density at radius 1 is 0.846 bits per heavy atom. The van der Waals surface area contributed by atoms with Crippen LogP contribution in [0.25, 0.3) is 5.76 Å². The van der Waals surface area contributed by atoms with Gasteiger partial charge in [-0.2, -0.15) is 8.42 Å². The molecular formula is C21H18O3S2. The summed E-state index contributed by atoms with van der Waals surface area (Å²) in [6.45, 7) is 1.91. The molecule has 3 rings (SSSR count). The van der Waals surface area contributed by atoms with Gasteiger partial charge in [-0.3, -0.25) is 0 Å². The molecule has 0 radical (unpaired) electrons. The van der Waals surface area contributed by atoms with Gasteiger partial charge in [0.05, 0.1) is 0 Å². The first-order chi connectivity index (χ1) is 12.5. The van der Waals surface area contributed by atoms with Crippen LogP contribution in [0, 0.1) is 6.92 Å². The Labute approximate surface area is 158 Å². The fourth-order valence-corrected chi connectivity index (χ4v) is 3.98. The van der Waals surface area contributed by atoms with E-state index in [0.717, 1.165) is 10.5 Å². The van der Waals surface area contributed by atoms with Crippen molar-refractivity contribution in [3.8, 4) is 0 Å². The molecule has 0 heterocycles. The van der Waals surface area contributed by atoms with Crippen molar-refractivity contribution in [2.75, 3.05) is 0 Å². The van der Waals surface area contributed by atoms with E-state index in [1.54, 1.807) is 29.7 Å². The van der Waals surface area contributed by atoms with Crippen LogP contribution in [0.4, 0.5) is 0 Å². The van der Waals surface area contributed by atoms with Crippen LogP contribution in [0.1, 0.15) is 11.1 Å². The zero-order valence-corrected chi connectivity index (χ0v) is 15.8. The Morgan fingerprint density at radius 3 is 2.04 bits per heavy atom. The lowest BCUT2D eigenvalue weighted by atomic mass is 10.2. The Balaban J connectivity index is 1.92. The number of hydrogen-bond acceptors (Lipinski definition) is 4.